The molecule has 5 N–H and O–H groups in total. The Morgan fingerprint density at radius 1 is 1.02 bits per heavy atom. The zero-order valence-corrected chi connectivity index (χ0v) is 31.1. The Morgan fingerprint density at radius 3 is 1.72 bits per heavy atom. The van der Waals surface area contributed by atoms with Crippen molar-refractivity contribution in [2.75, 3.05) is 13.2 Å². The van der Waals surface area contributed by atoms with Gasteiger partial charge in [-0.05, 0) is 61.8 Å². The van der Waals surface area contributed by atoms with E-state index in [1.807, 2.05) is 0 Å². The number of hydrogen-bond acceptors (Lipinski definition) is 10. The summed E-state index contributed by atoms with van der Waals surface area (Å²) in [7, 11) is -4.67. The number of esters is 2. The summed E-state index contributed by atoms with van der Waals surface area (Å²) in [6.07, 6.45) is 2.24. The van der Waals surface area contributed by atoms with Crippen molar-refractivity contribution < 1.29 is 59.8 Å². The number of urea groups is 1. The molecule has 0 aromatic heterocycles. The molecule has 4 amide bonds. The minimum absolute atomic E-state index is 0.00810. The Balaban J connectivity index is -0.000000577. The van der Waals surface area contributed by atoms with Gasteiger partial charge in [0, 0.05) is 19.3 Å². The molecule has 0 saturated carbocycles. The van der Waals surface area contributed by atoms with E-state index in [0.717, 1.165) is 3.93 Å². The number of nitrogens with two attached hydrogens (primary N) is 1. The van der Waals surface area contributed by atoms with Crippen molar-refractivity contribution in [3.05, 3.63) is 12.7 Å². The van der Waals surface area contributed by atoms with Gasteiger partial charge in [0.15, 0.2) is 0 Å². The topological polar surface area (TPSA) is 223 Å². The molecular weight excluding hydrogens is 774 g/mol. The van der Waals surface area contributed by atoms with E-state index in [1.54, 1.807) is 33.8 Å². The van der Waals surface area contributed by atoms with E-state index in [4.69, 9.17) is 28.0 Å². The van der Waals surface area contributed by atoms with Crippen LogP contribution in [0.25, 0.3) is 0 Å². The van der Waals surface area contributed by atoms with Crippen LogP contribution in [0, 0.1) is 0 Å². The van der Waals surface area contributed by atoms with Gasteiger partial charge < -0.3 is 20.5 Å². The number of nitrogens with one attached hydrogen (secondary N) is 1. The van der Waals surface area contributed by atoms with Crippen LogP contribution in [0.15, 0.2) is 12.7 Å². The van der Waals surface area contributed by atoms with Crippen molar-refractivity contribution in [2.24, 2.45) is 5.73 Å². The fourth-order valence-corrected chi connectivity index (χ4v) is 4.12. The van der Waals surface area contributed by atoms with Crippen molar-refractivity contribution in [3.8, 4) is 0 Å². The number of nitrogens with zero attached hydrogens (tertiary/aromatic N) is 2. The van der Waals surface area contributed by atoms with E-state index in [9.17, 15) is 32.8 Å². The summed E-state index contributed by atoms with van der Waals surface area (Å²) in [6.45, 7) is 16.1. The maximum absolute atomic E-state index is 13.6. The minimum Gasteiger partial charge on any atom is -0.465 e. The number of carbonyl (C=O) groups excluding carboxylic acids is 5. The van der Waals surface area contributed by atoms with E-state index in [1.165, 1.54) is 31.6 Å². The van der Waals surface area contributed by atoms with E-state index in [-0.39, 0.29) is 44.3 Å². The first kappa shape index (κ1) is 48.1. The molecule has 0 aromatic rings. The predicted octanol–water partition coefficient (Wildman–Crippen LogP) is 4.15. The van der Waals surface area contributed by atoms with Crippen molar-refractivity contribution in [2.45, 2.75) is 110 Å². The molecule has 0 aliphatic carbocycles. The van der Waals surface area contributed by atoms with E-state index >= 15 is 0 Å². The average Bonchev–Trinajstić information content (AvgIpc) is 3.00. The van der Waals surface area contributed by atoms with Gasteiger partial charge >= 0.3 is 28.4 Å². The van der Waals surface area contributed by atoms with Crippen LogP contribution in [0.3, 0.4) is 0 Å². The van der Waals surface area contributed by atoms with Crippen LogP contribution in [0.5, 0.6) is 0 Å². The Kier molecular flexibility index (Phi) is 22.6. The molecule has 15 nitrogen and oxygen atoms in total. The second-order valence-corrected chi connectivity index (χ2v) is 13.4. The Labute approximate surface area is 286 Å². The molecule has 1 saturated heterocycles. The highest BCUT2D eigenvalue weighted by Gasteiger charge is 2.50. The number of halogens is 4. The number of ether oxygens (including phenoxy) is 2. The summed E-state index contributed by atoms with van der Waals surface area (Å²) in [5.74, 6) is -1.73. The van der Waals surface area contributed by atoms with Crippen molar-refractivity contribution in [3.63, 3.8) is 0 Å². The highest BCUT2D eigenvalue weighted by Crippen LogP contribution is 2.32. The fourth-order valence-electron chi connectivity index (χ4n) is 3.00. The normalized spacial score (nSPS) is 15.5. The Morgan fingerprint density at radius 2 is 1.43 bits per heavy atom. The third-order valence-corrected chi connectivity index (χ3v) is 6.81. The van der Waals surface area contributed by atoms with Crippen LogP contribution in [0.4, 0.5) is 13.6 Å². The summed E-state index contributed by atoms with van der Waals surface area (Å²) in [6, 6.07) is -2.20. The summed E-state index contributed by atoms with van der Waals surface area (Å²) in [5.41, 5.74) is 1.59. The van der Waals surface area contributed by atoms with Crippen LogP contribution in [0.1, 0.15) is 81.1 Å². The molecule has 1 aliphatic rings. The Bertz CT molecular complexity index is 1120. The first-order chi connectivity index (χ1) is 20.5. The van der Waals surface area contributed by atoms with Crippen LogP contribution in [0.2, 0.25) is 0 Å². The molecule has 20 heteroatoms. The van der Waals surface area contributed by atoms with Gasteiger partial charge in [-0.15, -0.1) is 6.58 Å². The van der Waals surface area contributed by atoms with Crippen molar-refractivity contribution in [1.82, 2.24) is 13.2 Å². The molecule has 0 spiro atoms. The molecule has 46 heavy (non-hydrogen) atoms. The van der Waals surface area contributed by atoms with Crippen LogP contribution in [-0.2, 0) is 39.1 Å². The first-order valence-electron chi connectivity index (χ1n) is 13.6. The lowest BCUT2D eigenvalue weighted by molar-refractivity contribution is -0.148. The number of carbonyl (C=O) groups is 5. The van der Waals surface area contributed by atoms with E-state index in [0.29, 0.717) is 6.42 Å². The fraction of sp³-hybridized carbons (Fsp3) is 0.731. The molecule has 270 valence electrons. The summed E-state index contributed by atoms with van der Waals surface area (Å²) in [4.78, 5) is 56.3. The summed E-state index contributed by atoms with van der Waals surface area (Å²) >= 11 is 5.84. The number of hydrogen-bond donors (Lipinski definition) is 4. The molecule has 0 aromatic carbocycles. The SMILES string of the molecule is C=CCCC(=O)N[C@@H](CC(C)(C)F)C(=O)OCC.CC1(C)C(=O)N(Br)C(=O)N1Br.CCOC(=O)[C@H](N)CC(C)(C)F.O=S(=O)(O)O. The maximum Gasteiger partial charge on any atom is 0.394 e. The van der Waals surface area contributed by atoms with Gasteiger partial charge in [0.1, 0.15) is 29.0 Å². The molecule has 1 rings (SSSR count). The number of amides is 4. The number of rotatable bonds is 12. The van der Waals surface area contributed by atoms with Gasteiger partial charge in [-0.25, -0.2) is 22.3 Å². The standard InChI is InChI=1S/C13H22FNO3.C8H16FNO2.C5H6Br2N2O2.H2O4S/c1-5-7-8-11(16)15-10(9-13(3,4)14)12(17)18-6-2;1-4-12-7(11)6(10)5-8(2,3)9;1-5(2)3(10)8(6)4(11)9(5)7;1-5(2,3)4/h5,10H,1,6-9H2,2-4H3,(H,15,16);6H,4-5,10H2,1-3H3;1-2H3;(H2,1,2,3,4)/t10-;6-;;/m01../s1. The van der Waals surface area contributed by atoms with Crippen molar-refractivity contribution >= 4 is 72.5 Å². The van der Waals surface area contributed by atoms with Crippen LogP contribution in [-0.4, -0.2) is 97.3 Å². The molecule has 0 radical (unpaired) electrons. The van der Waals surface area contributed by atoms with E-state index < -0.39 is 57.3 Å². The van der Waals surface area contributed by atoms with Crippen LogP contribution < -0.4 is 11.1 Å². The number of alkyl halides is 2. The summed E-state index contributed by atoms with van der Waals surface area (Å²) in [5, 5.41) is 2.49. The third kappa shape index (κ3) is 24.0. The Hall–Kier alpha value is -2.26. The molecule has 1 heterocycles. The van der Waals surface area contributed by atoms with Gasteiger partial charge in [0.2, 0.25) is 5.91 Å². The third-order valence-electron chi connectivity index (χ3n) is 4.99. The molecular formula is C26H46Br2F2N4O11S. The zero-order chi connectivity index (χ0) is 37.3. The predicted molar refractivity (Wildman–Crippen MR) is 172 cm³/mol. The summed E-state index contributed by atoms with van der Waals surface area (Å²) < 4.78 is 69.6. The quantitative estimate of drug-likeness (QED) is 0.0717. The number of allylic oxidation sites excluding steroid dienone is 1. The lowest BCUT2D eigenvalue weighted by Gasteiger charge is -2.22. The molecule has 0 unspecified atom stereocenters. The monoisotopic (exact) mass is 818 g/mol. The van der Waals surface area contributed by atoms with Gasteiger partial charge in [-0.1, -0.05) is 6.08 Å². The van der Waals surface area contributed by atoms with Gasteiger partial charge in [-0.2, -0.15) is 12.3 Å². The highest BCUT2D eigenvalue weighted by atomic mass is 79.9. The van der Waals surface area contributed by atoms with Gasteiger partial charge in [-0.3, -0.25) is 23.5 Å². The van der Waals surface area contributed by atoms with Gasteiger partial charge in [0.25, 0.3) is 5.91 Å². The second kappa shape index (κ2) is 21.6. The first-order valence-corrected chi connectivity index (χ1v) is 16.4. The molecule has 2 atom stereocenters. The number of imide groups is 1. The largest absolute Gasteiger partial charge is 0.465 e. The lowest BCUT2D eigenvalue weighted by atomic mass is 10.0. The van der Waals surface area contributed by atoms with E-state index in [2.05, 4.69) is 48.9 Å². The lowest BCUT2D eigenvalue weighted by Crippen LogP contribution is -2.45. The minimum atomic E-state index is -4.67. The highest BCUT2D eigenvalue weighted by molar-refractivity contribution is 9.08. The maximum atomic E-state index is 13.6. The van der Waals surface area contributed by atoms with Crippen LogP contribution >= 0.6 is 32.3 Å². The van der Waals surface area contributed by atoms with Gasteiger partial charge in [0.05, 0.1) is 45.5 Å². The molecule has 1 aliphatic heterocycles. The molecule has 0 bridgehead atoms. The van der Waals surface area contributed by atoms with Crippen molar-refractivity contribution in [1.29, 1.82) is 0 Å². The second-order valence-electron chi connectivity index (χ2n) is 11.1. The zero-order valence-electron chi connectivity index (χ0n) is 27.1. The average molecular weight is 821 g/mol. The molecule has 1 fully saturated rings. The smallest absolute Gasteiger partial charge is 0.394 e.